The molecular formula is C23H21NO3. The number of aryl methyl sites for hydroxylation is 1. The molecule has 1 aromatic heterocycles. The van der Waals surface area contributed by atoms with E-state index in [1.807, 2.05) is 30.3 Å². The van der Waals surface area contributed by atoms with Crippen LogP contribution in [-0.4, -0.2) is 23.3 Å². The van der Waals surface area contributed by atoms with Crippen LogP contribution in [0, 0.1) is 5.92 Å². The van der Waals surface area contributed by atoms with E-state index in [1.165, 1.54) is 0 Å². The molecule has 0 bridgehead atoms. The SMILES string of the molecule is C[C@H]1CCc2nc3ccccc3c(C(=O)OCC(=O)c3ccccc3)c2C1. The van der Waals surface area contributed by atoms with Gasteiger partial charge in [-0.25, -0.2) is 4.79 Å². The Bertz CT molecular complexity index is 1010. The zero-order chi connectivity index (χ0) is 18.8. The second-order valence-electron chi connectivity index (χ2n) is 7.14. The molecule has 136 valence electrons. The molecule has 0 saturated heterocycles. The highest BCUT2D eigenvalue weighted by atomic mass is 16.5. The molecule has 0 saturated carbocycles. The van der Waals surface area contributed by atoms with Crippen LogP contribution in [0.5, 0.6) is 0 Å². The Hall–Kier alpha value is -3.01. The van der Waals surface area contributed by atoms with E-state index >= 15 is 0 Å². The van der Waals surface area contributed by atoms with Gasteiger partial charge in [0.1, 0.15) is 0 Å². The van der Waals surface area contributed by atoms with Crippen LogP contribution in [0.25, 0.3) is 10.9 Å². The third kappa shape index (κ3) is 3.47. The molecule has 3 aromatic rings. The zero-order valence-electron chi connectivity index (χ0n) is 15.3. The molecule has 0 amide bonds. The lowest BCUT2D eigenvalue weighted by molar-refractivity contribution is 0.0475. The van der Waals surface area contributed by atoms with Crippen molar-refractivity contribution in [3.8, 4) is 0 Å². The number of aromatic nitrogens is 1. The summed E-state index contributed by atoms with van der Waals surface area (Å²) in [4.78, 5) is 30.0. The van der Waals surface area contributed by atoms with E-state index in [4.69, 9.17) is 9.72 Å². The molecule has 1 heterocycles. The fraction of sp³-hybridized carbons (Fsp3) is 0.261. The molecule has 4 rings (SSSR count). The average molecular weight is 359 g/mol. The number of carbonyl (C=O) groups is 2. The van der Waals surface area contributed by atoms with E-state index in [2.05, 4.69) is 6.92 Å². The summed E-state index contributed by atoms with van der Waals surface area (Å²) in [6, 6.07) is 16.5. The van der Waals surface area contributed by atoms with Crippen LogP contribution in [0.1, 0.15) is 45.3 Å². The van der Waals surface area contributed by atoms with Crippen LogP contribution in [0.3, 0.4) is 0 Å². The average Bonchev–Trinajstić information content (AvgIpc) is 2.70. The van der Waals surface area contributed by atoms with Gasteiger partial charge in [-0.15, -0.1) is 0 Å². The number of para-hydroxylation sites is 1. The first-order valence-corrected chi connectivity index (χ1v) is 9.29. The Labute approximate surface area is 158 Å². The monoisotopic (exact) mass is 359 g/mol. The maximum Gasteiger partial charge on any atom is 0.339 e. The molecule has 27 heavy (non-hydrogen) atoms. The van der Waals surface area contributed by atoms with Crippen molar-refractivity contribution in [3.63, 3.8) is 0 Å². The van der Waals surface area contributed by atoms with E-state index in [1.54, 1.807) is 24.3 Å². The summed E-state index contributed by atoms with van der Waals surface area (Å²) in [6.45, 7) is 1.93. The van der Waals surface area contributed by atoms with E-state index in [-0.39, 0.29) is 12.4 Å². The van der Waals surface area contributed by atoms with Gasteiger partial charge in [0.05, 0.1) is 11.1 Å². The maximum absolute atomic E-state index is 13.0. The number of esters is 1. The lowest BCUT2D eigenvalue weighted by Crippen LogP contribution is -2.21. The first-order valence-electron chi connectivity index (χ1n) is 9.29. The number of Topliss-reactive ketones (excluding diaryl/α,β-unsaturated/α-hetero) is 1. The quantitative estimate of drug-likeness (QED) is 0.512. The van der Waals surface area contributed by atoms with Crippen molar-refractivity contribution in [1.29, 1.82) is 0 Å². The Kier molecular flexibility index (Phi) is 4.71. The molecule has 0 unspecified atom stereocenters. The summed E-state index contributed by atoms with van der Waals surface area (Å²) >= 11 is 0. The highest BCUT2D eigenvalue weighted by molar-refractivity contribution is 6.06. The van der Waals surface area contributed by atoms with Crippen molar-refractivity contribution < 1.29 is 14.3 Å². The summed E-state index contributed by atoms with van der Waals surface area (Å²) in [5.41, 5.74) is 3.87. The van der Waals surface area contributed by atoms with Crippen LogP contribution >= 0.6 is 0 Å². The Balaban J connectivity index is 1.66. The third-order valence-corrected chi connectivity index (χ3v) is 5.14. The minimum Gasteiger partial charge on any atom is -0.454 e. The van der Waals surface area contributed by atoms with Crippen LogP contribution in [0.15, 0.2) is 54.6 Å². The second kappa shape index (κ2) is 7.31. The van der Waals surface area contributed by atoms with Crippen molar-refractivity contribution in [2.75, 3.05) is 6.61 Å². The summed E-state index contributed by atoms with van der Waals surface area (Å²) < 4.78 is 5.44. The number of ketones is 1. The van der Waals surface area contributed by atoms with E-state index < -0.39 is 5.97 Å². The van der Waals surface area contributed by atoms with Gasteiger partial charge in [-0.05, 0) is 36.8 Å². The maximum atomic E-state index is 13.0. The van der Waals surface area contributed by atoms with Crippen molar-refractivity contribution >= 4 is 22.7 Å². The normalized spacial score (nSPS) is 16.0. The predicted molar refractivity (Wildman–Crippen MR) is 104 cm³/mol. The van der Waals surface area contributed by atoms with Gasteiger partial charge >= 0.3 is 5.97 Å². The molecule has 1 aliphatic carbocycles. The smallest absolute Gasteiger partial charge is 0.339 e. The molecule has 0 aliphatic heterocycles. The number of hydrogen-bond donors (Lipinski definition) is 0. The number of rotatable bonds is 4. The lowest BCUT2D eigenvalue weighted by Gasteiger charge is -2.24. The molecular weight excluding hydrogens is 338 g/mol. The molecule has 4 heteroatoms. The third-order valence-electron chi connectivity index (χ3n) is 5.14. The van der Waals surface area contributed by atoms with Gasteiger partial charge in [0.25, 0.3) is 0 Å². The van der Waals surface area contributed by atoms with Gasteiger partial charge in [0.15, 0.2) is 12.4 Å². The van der Waals surface area contributed by atoms with Crippen molar-refractivity contribution in [3.05, 3.63) is 77.0 Å². The van der Waals surface area contributed by atoms with E-state index in [0.29, 0.717) is 17.0 Å². The summed E-state index contributed by atoms with van der Waals surface area (Å²) in [7, 11) is 0. The Morgan fingerprint density at radius 3 is 2.63 bits per heavy atom. The molecule has 0 fully saturated rings. The zero-order valence-corrected chi connectivity index (χ0v) is 15.3. The Morgan fingerprint density at radius 1 is 1.07 bits per heavy atom. The van der Waals surface area contributed by atoms with Gasteiger partial charge < -0.3 is 4.74 Å². The summed E-state index contributed by atoms with van der Waals surface area (Å²) in [5.74, 6) is -0.147. The number of hydrogen-bond acceptors (Lipinski definition) is 4. The number of pyridine rings is 1. The molecule has 1 atom stereocenters. The predicted octanol–water partition coefficient (Wildman–Crippen LogP) is 4.40. The van der Waals surface area contributed by atoms with Gasteiger partial charge in [0.2, 0.25) is 0 Å². The first kappa shape index (κ1) is 17.4. The number of benzene rings is 2. The largest absolute Gasteiger partial charge is 0.454 e. The Morgan fingerprint density at radius 2 is 1.81 bits per heavy atom. The van der Waals surface area contributed by atoms with Crippen molar-refractivity contribution in [1.82, 2.24) is 4.98 Å². The standard InChI is InChI=1S/C23H21NO3/c1-15-11-12-20-18(13-15)22(17-9-5-6-10-19(17)24-20)23(26)27-14-21(25)16-7-3-2-4-8-16/h2-10,15H,11-14H2,1H3/t15-/m0/s1. The fourth-order valence-corrected chi connectivity index (χ4v) is 3.71. The van der Waals surface area contributed by atoms with Crippen LogP contribution in [-0.2, 0) is 17.6 Å². The molecule has 2 aromatic carbocycles. The highest BCUT2D eigenvalue weighted by Gasteiger charge is 2.26. The van der Waals surface area contributed by atoms with E-state index in [9.17, 15) is 9.59 Å². The second-order valence-corrected chi connectivity index (χ2v) is 7.14. The number of nitrogens with zero attached hydrogens (tertiary/aromatic N) is 1. The minimum absolute atomic E-state index is 0.204. The lowest BCUT2D eigenvalue weighted by atomic mass is 9.84. The van der Waals surface area contributed by atoms with Crippen LogP contribution < -0.4 is 0 Å². The van der Waals surface area contributed by atoms with Gasteiger partial charge in [-0.3, -0.25) is 9.78 Å². The summed E-state index contributed by atoms with van der Waals surface area (Å²) in [6.07, 6.45) is 2.74. The molecule has 0 spiro atoms. The number of carbonyl (C=O) groups excluding carboxylic acids is 2. The van der Waals surface area contributed by atoms with Crippen molar-refractivity contribution in [2.24, 2.45) is 5.92 Å². The number of ether oxygens (including phenoxy) is 1. The molecule has 1 aliphatic rings. The number of fused-ring (bicyclic) bond motifs is 2. The van der Waals surface area contributed by atoms with Crippen LogP contribution in [0.4, 0.5) is 0 Å². The fourth-order valence-electron chi connectivity index (χ4n) is 3.71. The first-order chi connectivity index (χ1) is 13.1. The van der Waals surface area contributed by atoms with Gasteiger partial charge in [0, 0.05) is 16.6 Å². The van der Waals surface area contributed by atoms with Gasteiger partial charge in [-0.1, -0.05) is 55.5 Å². The summed E-state index contributed by atoms with van der Waals surface area (Å²) in [5, 5.41) is 0.794. The van der Waals surface area contributed by atoms with E-state index in [0.717, 1.165) is 41.4 Å². The molecule has 4 nitrogen and oxygen atoms in total. The minimum atomic E-state index is -0.441. The van der Waals surface area contributed by atoms with Gasteiger partial charge in [-0.2, -0.15) is 0 Å². The molecule has 0 N–H and O–H groups in total. The highest BCUT2D eigenvalue weighted by Crippen LogP contribution is 2.32. The van der Waals surface area contributed by atoms with Crippen LogP contribution in [0.2, 0.25) is 0 Å². The molecule has 0 radical (unpaired) electrons. The topological polar surface area (TPSA) is 56.3 Å². The van der Waals surface area contributed by atoms with Crippen molar-refractivity contribution in [2.45, 2.75) is 26.2 Å².